The van der Waals surface area contributed by atoms with Crippen molar-refractivity contribution in [3.63, 3.8) is 0 Å². The molecular weight excluding hydrogens is 392 g/mol. The van der Waals surface area contributed by atoms with Gasteiger partial charge in [0.15, 0.2) is 0 Å². The monoisotopic (exact) mass is 418 g/mol. The fourth-order valence-electron chi connectivity index (χ4n) is 3.52. The third kappa shape index (κ3) is 6.80. The van der Waals surface area contributed by atoms with E-state index in [1.807, 2.05) is 18.2 Å². The molecule has 1 unspecified atom stereocenters. The lowest BCUT2D eigenvalue weighted by Gasteiger charge is -2.39. The third-order valence-electron chi connectivity index (χ3n) is 4.94. The number of carbonyl (C=O) groups is 1. The summed E-state index contributed by atoms with van der Waals surface area (Å²) in [7, 11) is 0. The van der Waals surface area contributed by atoms with Gasteiger partial charge in [-0.3, -0.25) is 9.80 Å². The van der Waals surface area contributed by atoms with E-state index < -0.39 is 5.97 Å². The van der Waals surface area contributed by atoms with Crippen molar-refractivity contribution in [2.45, 2.75) is 6.04 Å². The Kier molecular flexibility index (Phi) is 8.46. The molecule has 1 aliphatic heterocycles. The van der Waals surface area contributed by atoms with Crippen molar-refractivity contribution < 1.29 is 19.4 Å². The van der Waals surface area contributed by atoms with Gasteiger partial charge in [-0.2, -0.15) is 0 Å². The predicted molar refractivity (Wildman–Crippen MR) is 112 cm³/mol. The van der Waals surface area contributed by atoms with Gasteiger partial charge >= 0.3 is 5.97 Å². The molecule has 1 N–H and O–H groups in total. The smallest absolute Gasteiger partial charge is 0.329 e. The Morgan fingerprint density at radius 1 is 0.931 bits per heavy atom. The molecule has 2 aromatic rings. The Morgan fingerprint density at radius 2 is 1.55 bits per heavy atom. The van der Waals surface area contributed by atoms with Gasteiger partial charge in [0.2, 0.25) is 0 Å². The Labute approximate surface area is 176 Å². The summed E-state index contributed by atoms with van der Waals surface area (Å²) in [6.07, 6.45) is 0. The highest BCUT2D eigenvalue weighted by Crippen LogP contribution is 2.30. The standard InChI is InChI=1S/C22H27ClN2O4/c23-20-8-6-19(7-9-20)22(18-4-2-1-3-5-18)25-12-10-24(11-13-25)17-29-15-14-28-16-21(26)27/h1-9,22H,10-17H2,(H,26,27). The summed E-state index contributed by atoms with van der Waals surface area (Å²) in [6.45, 7) is 4.61. The molecule has 3 rings (SSSR count). The molecule has 1 saturated heterocycles. The van der Waals surface area contributed by atoms with Crippen LogP contribution in [0, 0.1) is 0 Å². The van der Waals surface area contributed by atoms with Gasteiger partial charge < -0.3 is 14.6 Å². The molecule has 0 saturated carbocycles. The van der Waals surface area contributed by atoms with Gasteiger partial charge in [0.05, 0.1) is 26.0 Å². The van der Waals surface area contributed by atoms with E-state index in [-0.39, 0.29) is 12.6 Å². The maximum absolute atomic E-state index is 10.4. The van der Waals surface area contributed by atoms with Crippen LogP contribution in [0.1, 0.15) is 17.2 Å². The Balaban J connectivity index is 1.52. The van der Waals surface area contributed by atoms with Crippen molar-refractivity contribution >= 4 is 17.6 Å². The lowest BCUT2D eigenvalue weighted by atomic mass is 9.96. The summed E-state index contributed by atoms with van der Waals surface area (Å²) < 4.78 is 10.6. The molecule has 0 amide bonds. The third-order valence-corrected chi connectivity index (χ3v) is 5.20. The van der Waals surface area contributed by atoms with Crippen molar-refractivity contribution in [2.75, 3.05) is 52.7 Å². The Hall–Kier alpha value is -1.96. The van der Waals surface area contributed by atoms with Crippen LogP contribution >= 0.6 is 11.6 Å². The van der Waals surface area contributed by atoms with Crippen molar-refractivity contribution in [1.82, 2.24) is 9.80 Å². The van der Waals surface area contributed by atoms with Crippen molar-refractivity contribution in [2.24, 2.45) is 0 Å². The predicted octanol–water partition coefficient (Wildman–Crippen LogP) is 3.12. The molecule has 156 valence electrons. The molecule has 0 aliphatic carbocycles. The number of hydrogen-bond donors (Lipinski definition) is 1. The molecule has 0 spiro atoms. The molecule has 1 heterocycles. The largest absolute Gasteiger partial charge is 0.480 e. The van der Waals surface area contributed by atoms with Gasteiger partial charge in [-0.25, -0.2) is 4.79 Å². The number of aliphatic carboxylic acids is 1. The number of carboxylic acids is 1. The second-order valence-electron chi connectivity index (χ2n) is 7.00. The van der Waals surface area contributed by atoms with Crippen LogP contribution in [0.25, 0.3) is 0 Å². The van der Waals surface area contributed by atoms with E-state index in [4.69, 9.17) is 26.2 Å². The second-order valence-corrected chi connectivity index (χ2v) is 7.44. The lowest BCUT2D eigenvalue weighted by Crippen LogP contribution is -2.48. The average molecular weight is 419 g/mol. The van der Waals surface area contributed by atoms with Crippen molar-refractivity contribution in [1.29, 1.82) is 0 Å². The number of rotatable bonds is 10. The molecule has 0 bridgehead atoms. The first-order chi connectivity index (χ1) is 14.1. The summed E-state index contributed by atoms with van der Waals surface area (Å²) in [4.78, 5) is 15.2. The minimum atomic E-state index is -0.963. The van der Waals surface area contributed by atoms with E-state index in [1.165, 1.54) is 11.1 Å². The highest BCUT2D eigenvalue weighted by molar-refractivity contribution is 6.30. The van der Waals surface area contributed by atoms with Crippen LogP contribution in [-0.4, -0.2) is 73.6 Å². The van der Waals surface area contributed by atoms with Crippen LogP contribution in [-0.2, 0) is 14.3 Å². The second kappa shape index (κ2) is 11.3. The number of carboxylic acid groups (broad SMARTS) is 1. The van der Waals surface area contributed by atoms with Crippen LogP contribution in [0.2, 0.25) is 5.02 Å². The maximum Gasteiger partial charge on any atom is 0.329 e. The SMILES string of the molecule is O=C(O)COCCOCN1CCN(C(c2ccccc2)c2ccc(Cl)cc2)CC1. The summed E-state index contributed by atoms with van der Waals surface area (Å²) in [5.41, 5.74) is 2.51. The van der Waals surface area contributed by atoms with E-state index in [9.17, 15) is 4.79 Å². The molecule has 1 atom stereocenters. The molecule has 6 nitrogen and oxygen atoms in total. The van der Waals surface area contributed by atoms with Gasteiger partial charge in [-0.15, -0.1) is 0 Å². The topological polar surface area (TPSA) is 62.2 Å². The van der Waals surface area contributed by atoms with Gasteiger partial charge in [-0.1, -0.05) is 54.1 Å². The highest BCUT2D eigenvalue weighted by atomic mass is 35.5. The van der Waals surface area contributed by atoms with E-state index in [0.717, 1.165) is 31.2 Å². The highest BCUT2D eigenvalue weighted by Gasteiger charge is 2.26. The molecule has 0 aromatic heterocycles. The summed E-state index contributed by atoms with van der Waals surface area (Å²) in [5, 5.41) is 9.28. The molecule has 2 aromatic carbocycles. The summed E-state index contributed by atoms with van der Waals surface area (Å²) in [6, 6.07) is 18.8. The summed E-state index contributed by atoms with van der Waals surface area (Å²) in [5.74, 6) is -0.963. The number of nitrogens with zero attached hydrogens (tertiary/aromatic N) is 2. The van der Waals surface area contributed by atoms with Crippen LogP contribution in [0.4, 0.5) is 0 Å². The Bertz CT molecular complexity index is 749. The minimum absolute atomic E-state index is 0.195. The van der Waals surface area contributed by atoms with Gasteiger partial charge in [0, 0.05) is 31.2 Å². The van der Waals surface area contributed by atoms with Crippen LogP contribution < -0.4 is 0 Å². The first-order valence-corrected chi connectivity index (χ1v) is 10.2. The number of piperazine rings is 1. The fourth-order valence-corrected chi connectivity index (χ4v) is 3.64. The summed E-state index contributed by atoms with van der Waals surface area (Å²) >= 11 is 6.09. The Morgan fingerprint density at radius 3 is 2.21 bits per heavy atom. The normalized spacial score (nSPS) is 16.6. The van der Waals surface area contributed by atoms with Gasteiger partial charge in [0.25, 0.3) is 0 Å². The number of ether oxygens (including phenoxy) is 2. The molecular formula is C22H27ClN2O4. The quantitative estimate of drug-likeness (QED) is 0.598. The number of benzene rings is 2. The minimum Gasteiger partial charge on any atom is -0.480 e. The van der Waals surface area contributed by atoms with E-state index in [0.29, 0.717) is 19.9 Å². The first kappa shape index (κ1) is 21.7. The fraction of sp³-hybridized carbons (Fsp3) is 0.409. The zero-order chi connectivity index (χ0) is 20.5. The van der Waals surface area contributed by atoms with E-state index >= 15 is 0 Å². The molecule has 7 heteroatoms. The van der Waals surface area contributed by atoms with Crippen molar-refractivity contribution in [3.8, 4) is 0 Å². The van der Waals surface area contributed by atoms with Gasteiger partial charge in [-0.05, 0) is 23.3 Å². The van der Waals surface area contributed by atoms with Crippen LogP contribution in [0.5, 0.6) is 0 Å². The number of hydrogen-bond acceptors (Lipinski definition) is 5. The average Bonchev–Trinajstić information content (AvgIpc) is 2.74. The number of halogens is 1. The molecule has 29 heavy (non-hydrogen) atoms. The lowest BCUT2D eigenvalue weighted by molar-refractivity contribution is -0.143. The van der Waals surface area contributed by atoms with E-state index in [1.54, 1.807) is 0 Å². The maximum atomic E-state index is 10.4. The van der Waals surface area contributed by atoms with Crippen molar-refractivity contribution in [3.05, 3.63) is 70.7 Å². The van der Waals surface area contributed by atoms with E-state index in [2.05, 4.69) is 46.2 Å². The first-order valence-electron chi connectivity index (χ1n) is 9.77. The molecule has 1 aliphatic rings. The molecule has 1 fully saturated rings. The van der Waals surface area contributed by atoms with Gasteiger partial charge in [0.1, 0.15) is 6.61 Å². The molecule has 0 radical (unpaired) electrons. The van der Waals surface area contributed by atoms with Crippen LogP contribution in [0.3, 0.4) is 0 Å². The zero-order valence-corrected chi connectivity index (χ0v) is 17.1. The van der Waals surface area contributed by atoms with Crippen LogP contribution in [0.15, 0.2) is 54.6 Å². The zero-order valence-electron chi connectivity index (χ0n) is 16.4.